The van der Waals surface area contributed by atoms with Gasteiger partial charge in [0.25, 0.3) is 11.6 Å². The maximum atomic E-state index is 12.5. The van der Waals surface area contributed by atoms with E-state index in [0.29, 0.717) is 17.9 Å². The van der Waals surface area contributed by atoms with Crippen LogP contribution in [-0.4, -0.2) is 17.4 Å². The minimum Gasteiger partial charge on any atom is -0.493 e. The van der Waals surface area contributed by atoms with Crippen LogP contribution in [0.3, 0.4) is 0 Å². The molecule has 2 rings (SSSR count). The third-order valence-corrected chi connectivity index (χ3v) is 3.49. The number of para-hydroxylation sites is 1. The average molecular weight is 328 g/mol. The molecule has 1 N–H and O–H groups in total. The summed E-state index contributed by atoms with van der Waals surface area (Å²) in [5.41, 5.74) is 1.14. The van der Waals surface area contributed by atoms with Crippen molar-refractivity contribution >= 4 is 17.3 Å². The Bertz CT molecular complexity index is 744. The molecule has 0 heterocycles. The number of carbonyl (C=O) groups excluding carboxylic acids is 1. The van der Waals surface area contributed by atoms with E-state index in [1.54, 1.807) is 37.3 Å². The van der Waals surface area contributed by atoms with Gasteiger partial charge in [0.1, 0.15) is 11.4 Å². The molecule has 0 fully saturated rings. The first-order chi connectivity index (χ1) is 11.5. The monoisotopic (exact) mass is 328 g/mol. The number of hydrogen-bond donors (Lipinski definition) is 1. The number of nitrogens with zero attached hydrogens (tertiary/aromatic N) is 1. The molecule has 0 aliphatic carbocycles. The molecular formula is C18H20N2O4. The number of ether oxygens (including phenoxy) is 1. The van der Waals surface area contributed by atoms with Crippen LogP contribution in [0.5, 0.6) is 5.75 Å². The van der Waals surface area contributed by atoms with Gasteiger partial charge in [0, 0.05) is 6.07 Å². The van der Waals surface area contributed by atoms with Crippen molar-refractivity contribution in [3.63, 3.8) is 0 Å². The SMILES string of the molecule is CCCCOc1ccccc1C(=O)Nc1ccc(C)cc1[N+](=O)[O-]. The van der Waals surface area contributed by atoms with Crippen LogP contribution in [0.4, 0.5) is 11.4 Å². The molecule has 0 radical (unpaired) electrons. The quantitative estimate of drug-likeness (QED) is 0.466. The summed E-state index contributed by atoms with van der Waals surface area (Å²) in [6.07, 6.45) is 1.88. The van der Waals surface area contributed by atoms with Crippen molar-refractivity contribution in [3.05, 3.63) is 63.7 Å². The van der Waals surface area contributed by atoms with Gasteiger partial charge in [-0.05, 0) is 37.1 Å². The highest BCUT2D eigenvalue weighted by molar-refractivity contribution is 6.07. The Morgan fingerprint density at radius 2 is 2.00 bits per heavy atom. The molecule has 0 spiro atoms. The van der Waals surface area contributed by atoms with Gasteiger partial charge in [-0.2, -0.15) is 0 Å². The Kier molecular flexibility index (Phi) is 5.89. The van der Waals surface area contributed by atoms with Gasteiger partial charge in [-0.3, -0.25) is 14.9 Å². The predicted octanol–water partition coefficient (Wildman–Crippen LogP) is 4.33. The third-order valence-electron chi connectivity index (χ3n) is 3.49. The van der Waals surface area contributed by atoms with Crippen molar-refractivity contribution in [2.24, 2.45) is 0 Å². The fourth-order valence-electron chi connectivity index (χ4n) is 2.19. The Morgan fingerprint density at radius 1 is 1.25 bits per heavy atom. The number of amides is 1. The number of nitro groups is 1. The zero-order valence-electron chi connectivity index (χ0n) is 13.7. The number of unbranched alkanes of at least 4 members (excludes halogenated alkanes) is 1. The Morgan fingerprint density at radius 3 is 2.71 bits per heavy atom. The van der Waals surface area contributed by atoms with E-state index in [-0.39, 0.29) is 11.4 Å². The normalized spacial score (nSPS) is 10.2. The average Bonchev–Trinajstić information content (AvgIpc) is 2.57. The van der Waals surface area contributed by atoms with Crippen molar-refractivity contribution in [3.8, 4) is 5.75 Å². The molecule has 6 nitrogen and oxygen atoms in total. The minimum absolute atomic E-state index is 0.132. The highest BCUT2D eigenvalue weighted by Crippen LogP contribution is 2.27. The molecule has 0 aliphatic heterocycles. The topological polar surface area (TPSA) is 81.5 Å². The molecule has 2 aromatic carbocycles. The van der Waals surface area contributed by atoms with Gasteiger partial charge >= 0.3 is 0 Å². The van der Waals surface area contributed by atoms with Crippen LogP contribution in [0.15, 0.2) is 42.5 Å². The first-order valence-electron chi connectivity index (χ1n) is 7.81. The van der Waals surface area contributed by atoms with Crippen LogP contribution in [0.1, 0.15) is 35.7 Å². The van der Waals surface area contributed by atoms with Crippen molar-refractivity contribution in [2.75, 3.05) is 11.9 Å². The predicted molar refractivity (Wildman–Crippen MR) is 92.6 cm³/mol. The number of nitro benzene ring substituents is 1. The van der Waals surface area contributed by atoms with Crippen molar-refractivity contribution < 1.29 is 14.5 Å². The number of rotatable bonds is 7. The lowest BCUT2D eigenvalue weighted by Gasteiger charge is -2.11. The summed E-state index contributed by atoms with van der Waals surface area (Å²) in [7, 11) is 0. The molecule has 0 unspecified atom stereocenters. The molecule has 1 amide bonds. The van der Waals surface area contributed by atoms with Gasteiger partial charge < -0.3 is 10.1 Å². The molecular weight excluding hydrogens is 308 g/mol. The first-order valence-corrected chi connectivity index (χ1v) is 7.81. The zero-order chi connectivity index (χ0) is 17.5. The summed E-state index contributed by atoms with van der Waals surface area (Å²) < 4.78 is 5.64. The smallest absolute Gasteiger partial charge is 0.293 e. The molecule has 6 heteroatoms. The standard InChI is InChI=1S/C18H20N2O4/c1-3-4-11-24-17-8-6-5-7-14(17)18(21)19-15-10-9-13(2)12-16(15)20(22)23/h5-10,12H,3-4,11H2,1-2H3,(H,19,21). The molecule has 0 saturated carbocycles. The lowest BCUT2D eigenvalue weighted by molar-refractivity contribution is -0.384. The van der Waals surface area contributed by atoms with Crippen molar-refractivity contribution in [2.45, 2.75) is 26.7 Å². The van der Waals surface area contributed by atoms with Gasteiger partial charge in [0.2, 0.25) is 0 Å². The fraction of sp³-hybridized carbons (Fsp3) is 0.278. The van der Waals surface area contributed by atoms with E-state index in [4.69, 9.17) is 4.74 Å². The summed E-state index contributed by atoms with van der Waals surface area (Å²) in [4.78, 5) is 23.2. The zero-order valence-corrected chi connectivity index (χ0v) is 13.7. The first kappa shape index (κ1) is 17.5. The number of nitrogens with one attached hydrogen (secondary N) is 1. The second-order valence-electron chi connectivity index (χ2n) is 5.43. The molecule has 0 aliphatic rings. The van der Waals surface area contributed by atoms with E-state index < -0.39 is 10.8 Å². The molecule has 0 aromatic heterocycles. The van der Waals surface area contributed by atoms with E-state index in [0.717, 1.165) is 18.4 Å². The number of benzene rings is 2. The third kappa shape index (κ3) is 4.32. The van der Waals surface area contributed by atoms with Crippen molar-refractivity contribution in [1.29, 1.82) is 0 Å². The summed E-state index contributed by atoms with van der Waals surface area (Å²) in [5, 5.41) is 13.8. The summed E-state index contributed by atoms with van der Waals surface area (Å²) >= 11 is 0. The maximum absolute atomic E-state index is 12.5. The van der Waals surface area contributed by atoms with Gasteiger partial charge in [0.05, 0.1) is 17.1 Å². The number of aryl methyl sites for hydroxylation is 1. The molecule has 0 bridgehead atoms. The Labute approximate surface area is 140 Å². The van der Waals surface area contributed by atoms with E-state index in [9.17, 15) is 14.9 Å². The summed E-state index contributed by atoms with van der Waals surface area (Å²) in [6.45, 7) is 4.33. The Balaban J connectivity index is 2.23. The highest BCUT2D eigenvalue weighted by Gasteiger charge is 2.18. The van der Waals surface area contributed by atoms with E-state index in [1.165, 1.54) is 12.1 Å². The van der Waals surface area contributed by atoms with Crippen LogP contribution in [0, 0.1) is 17.0 Å². The summed E-state index contributed by atoms with van der Waals surface area (Å²) in [6, 6.07) is 11.5. The lowest BCUT2D eigenvalue weighted by Crippen LogP contribution is -2.15. The van der Waals surface area contributed by atoms with Crippen LogP contribution >= 0.6 is 0 Å². The van der Waals surface area contributed by atoms with Crippen molar-refractivity contribution in [1.82, 2.24) is 0 Å². The highest BCUT2D eigenvalue weighted by atomic mass is 16.6. The van der Waals surface area contributed by atoms with Crippen LogP contribution in [0.25, 0.3) is 0 Å². The molecule has 0 atom stereocenters. The number of carbonyl (C=O) groups is 1. The van der Waals surface area contributed by atoms with E-state index >= 15 is 0 Å². The van der Waals surface area contributed by atoms with E-state index in [1.807, 2.05) is 0 Å². The van der Waals surface area contributed by atoms with Gasteiger partial charge in [-0.1, -0.05) is 31.5 Å². The molecule has 2 aromatic rings. The fourth-order valence-corrected chi connectivity index (χ4v) is 2.19. The van der Waals surface area contributed by atoms with Crippen LogP contribution in [-0.2, 0) is 0 Å². The van der Waals surface area contributed by atoms with Gasteiger partial charge in [-0.15, -0.1) is 0 Å². The van der Waals surface area contributed by atoms with Gasteiger partial charge in [0.15, 0.2) is 0 Å². The second kappa shape index (κ2) is 8.10. The van der Waals surface area contributed by atoms with Gasteiger partial charge in [-0.25, -0.2) is 0 Å². The second-order valence-corrected chi connectivity index (χ2v) is 5.43. The van der Waals surface area contributed by atoms with E-state index in [2.05, 4.69) is 12.2 Å². The number of hydrogen-bond acceptors (Lipinski definition) is 4. The minimum atomic E-state index is -0.508. The summed E-state index contributed by atoms with van der Waals surface area (Å²) in [5.74, 6) is 0.0345. The largest absolute Gasteiger partial charge is 0.493 e. The van der Waals surface area contributed by atoms with Crippen LogP contribution < -0.4 is 10.1 Å². The molecule has 24 heavy (non-hydrogen) atoms. The molecule has 0 saturated heterocycles. The Hall–Kier alpha value is -2.89. The lowest BCUT2D eigenvalue weighted by atomic mass is 10.1. The molecule has 126 valence electrons. The van der Waals surface area contributed by atoms with Crippen LogP contribution in [0.2, 0.25) is 0 Å². The number of anilines is 1. The maximum Gasteiger partial charge on any atom is 0.293 e.